The highest BCUT2D eigenvalue weighted by Gasteiger charge is 2.24. The number of benzene rings is 1. The third-order valence-electron chi connectivity index (χ3n) is 3.85. The van der Waals surface area contributed by atoms with Crippen LogP contribution in [0.25, 0.3) is 11.1 Å². The molecule has 0 radical (unpaired) electrons. The Morgan fingerprint density at radius 2 is 1.85 bits per heavy atom. The molecule has 0 aliphatic carbocycles. The van der Waals surface area contributed by atoms with Gasteiger partial charge in [-0.1, -0.05) is 26.0 Å². The van der Waals surface area contributed by atoms with E-state index in [0.717, 1.165) is 0 Å². The number of ether oxygens (including phenoxy) is 1. The van der Waals surface area contributed by atoms with Gasteiger partial charge in [0.05, 0.1) is 18.2 Å². The van der Waals surface area contributed by atoms with Crippen molar-refractivity contribution in [1.82, 2.24) is 4.57 Å². The highest BCUT2D eigenvalue weighted by molar-refractivity contribution is 5.97. The standard InChI is InChI=1S/C18H17N3O3.C2H6/c1-12-15(11-20)16(17(18(22)23)21(12)2)13-5-7-14(8-6-13)24-10-4-3-9-19;1-2/h5-8H,3-4,10H2,1-2H3,(H,22,23);1-2H3. The van der Waals surface area contributed by atoms with Crippen LogP contribution < -0.4 is 4.74 Å². The number of carbonyl (C=O) groups is 1. The van der Waals surface area contributed by atoms with Gasteiger partial charge in [0.25, 0.3) is 0 Å². The van der Waals surface area contributed by atoms with Crippen molar-refractivity contribution in [2.24, 2.45) is 7.05 Å². The van der Waals surface area contributed by atoms with Gasteiger partial charge >= 0.3 is 5.97 Å². The van der Waals surface area contributed by atoms with E-state index in [2.05, 4.69) is 12.1 Å². The largest absolute Gasteiger partial charge is 0.494 e. The molecule has 1 heterocycles. The van der Waals surface area contributed by atoms with Crippen LogP contribution >= 0.6 is 0 Å². The zero-order chi connectivity index (χ0) is 19.7. The van der Waals surface area contributed by atoms with Crippen molar-refractivity contribution in [3.63, 3.8) is 0 Å². The lowest BCUT2D eigenvalue weighted by molar-refractivity contribution is 0.0687. The van der Waals surface area contributed by atoms with E-state index in [9.17, 15) is 15.2 Å². The monoisotopic (exact) mass is 353 g/mol. The SMILES string of the molecule is CC.Cc1c(C#N)c(-c2ccc(OCCCC#N)cc2)c(C(=O)O)n1C. The summed E-state index contributed by atoms with van der Waals surface area (Å²) < 4.78 is 7.04. The van der Waals surface area contributed by atoms with Crippen LogP contribution in [0.5, 0.6) is 5.75 Å². The number of unbranched alkanes of at least 4 members (excludes halogenated alkanes) is 1. The average molecular weight is 353 g/mol. The molecule has 2 rings (SSSR count). The van der Waals surface area contributed by atoms with Crippen LogP contribution in [0.3, 0.4) is 0 Å². The molecule has 6 nitrogen and oxygen atoms in total. The van der Waals surface area contributed by atoms with Crippen LogP contribution in [0.15, 0.2) is 24.3 Å². The van der Waals surface area contributed by atoms with E-state index < -0.39 is 5.97 Å². The molecule has 26 heavy (non-hydrogen) atoms. The molecule has 0 unspecified atom stereocenters. The lowest BCUT2D eigenvalue weighted by Crippen LogP contribution is -2.06. The summed E-state index contributed by atoms with van der Waals surface area (Å²) in [5.74, 6) is -0.436. The van der Waals surface area contributed by atoms with Crippen molar-refractivity contribution in [2.75, 3.05) is 6.61 Å². The highest BCUT2D eigenvalue weighted by atomic mass is 16.5. The lowest BCUT2D eigenvalue weighted by Gasteiger charge is -2.07. The summed E-state index contributed by atoms with van der Waals surface area (Å²) in [4.78, 5) is 11.6. The number of nitriles is 2. The zero-order valence-electron chi connectivity index (χ0n) is 15.5. The first-order valence-electron chi connectivity index (χ1n) is 8.44. The Kier molecular flexibility index (Phi) is 7.92. The number of hydrogen-bond donors (Lipinski definition) is 1. The van der Waals surface area contributed by atoms with E-state index in [-0.39, 0.29) is 5.69 Å². The van der Waals surface area contributed by atoms with E-state index in [1.807, 2.05) is 13.8 Å². The molecule has 6 heteroatoms. The number of hydrogen-bond acceptors (Lipinski definition) is 4. The Morgan fingerprint density at radius 3 is 2.35 bits per heavy atom. The van der Waals surface area contributed by atoms with Crippen LogP contribution in [0.2, 0.25) is 0 Å². The van der Waals surface area contributed by atoms with Gasteiger partial charge in [0.1, 0.15) is 17.5 Å². The molecule has 0 spiro atoms. The first-order valence-corrected chi connectivity index (χ1v) is 8.44. The molecule has 1 N–H and O–H groups in total. The Hall–Kier alpha value is -3.25. The topological polar surface area (TPSA) is 99.0 Å². The van der Waals surface area contributed by atoms with Gasteiger partial charge in [-0.2, -0.15) is 10.5 Å². The van der Waals surface area contributed by atoms with E-state index in [1.54, 1.807) is 38.2 Å². The van der Waals surface area contributed by atoms with Crippen LogP contribution in [0.4, 0.5) is 0 Å². The number of carboxylic acids is 1. The molecule has 2 aromatic rings. The van der Waals surface area contributed by atoms with E-state index in [0.29, 0.717) is 47.6 Å². The first kappa shape index (κ1) is 20.8. The fraction of sp³-hybridized carbons (Fsp3) is 0.350. The average Bonchev–Trinajstić information content (AvgIpc) is 2.92. The lowest BCUT2D eigenvalue weighted by atomic mass is 10.0. The summed E-state index contributed by atoms with van der Waals surface area (Å²) >= 11 is 0. The van der Waals surface area contributed by atoms with Gasteiger partial charge in [0.2, 0.25) is 0 Å². The normalized spacial score (nSPS) is 9.46. The second-order valence-corrected chi connectivity index (χ2v) is 5.29. The van der Waals surface area contributed by atoms with Crippen molar-refractivity contribution >= 4 is 5.97 Å². The Morgan fingerprint density at radius 1 is 1.23 bits per heavy atom. The van der Waals surface area contributed by atoms with E-state index in [4.69, 9.17) is 10.00 Å². The van der Waals surface area contributed by atoms with Crippen LogP contribution in [0, 0.1) is 29.6 Å². The van der Waals surface area contributed by atoms with Crippen LogP contribution in [0.1, 0.15) is 48.4 Å². The minimum absolute atomic E-state index is 0.0896. The molecule has 0 saturated heterocycles. The minimum Gasteiger partial charge on any atom is -0.494 e. The second kappa shape index (κ2) is 9.90. The fourth-order valence-corrected chi connectivity index (χ4v) is 2.53. The number of aromatic nitrogens is 1. The summed E-state index contributed by atoms with van der Waals surface area (Å²) in [6.07, 6.45) is 1.09. The van der Waals surface area contributed by atoms with E-state index >= 15 is 0 Å². The summed E-state index contributed by atoms with van der Waals surface area (Å²) in [6, 6.07) is 11.1. The maximum atomic E-state index is 11.6. The van der Waals surface area contributed by atoms with Crippen LogP contribution in [-0.2, 0) is 7.05 Å². The predicted molar refractivity (Wildman–Crippen MR) is 99.0 cm³/mol. The number of carboxylic acid groups (broad SMARTS) is 1. The first-order chi connectivity index (χ1) is 12.5. The molecule has 0 atom stereocenters. The summed E-state index contributed by atoms with van der Waals surface area (Å²) in [6.45, 7) is 6.17. The summed E-state index contributed by atoms with van der Waals surface area (Å²) in [5.41, 5.74) is 2.13. The summed E-state index contributed by atoms with van der Waals surface area (Å²) in [5, 5.41) is 27.4. The number of aromatic carboxylic acids is 1. The molecule has 1 aromatic heterocycles. The van der Waals surface area contributed by atoms with Gasteiger partial charge in [-0.15, -0.1) is 0 Å². The maximum Gasteiger partial charge on any atom is 0.353 e. The highest BCUT2D eigenvalue weighted by Crippen LogP contribution is 2.32. The Labute approximate surface area is 153 Å². The molecule has 0 amide bonds. The molecule has 0 aliphatic rings. The smallest absolute Gasteiger partial charge is 0.353 e. The van der Waals surface area contributed by atoms with Crippen molar-refractivity contribution in [3.05, 3.63) is 41.2 Å². The molecule has 0 bridgehead atoms. The van der Waals surface area contributed by atoms with Crippen molar-refractivity contribution < 1.29 is 14.6 Å². The molecule has 0 aliphatic heterocycles. The van der Waals surface area contributed by atoms with Crippen molar-refractivity contribution in [3.8, 4) is 29.0 Å². The molecular formula is C20H23N3O3. The van der Waals surface area contributed by atoms with Gasteiger partial charge in [-0.05, 0) is 31.0 Å². The second-order valence-electron chi connectivity index (χ2n) is 5.29. The van der Waals surface area contributed by atoms with Crippen molar-refractivity contribution in [2.45, 2.75) is 33.6 Å². The molecular weight excluding hydrogens is 330 g/mol. The quantitative estimate of drug-likeness (QED) is 0.781. The zero-order valence-corrected chi connectivity index (χ0v) is 15.5. The van der Waals surface area contributed by atoms with Crippen molar-refractivity contribution in [1.29, 1.82) is 10.5 Å². The molecule has 1 aromatic carbocycles. The van der Waals surface area contributed by atoms with Gasteiger partial charge in [0, 0.05) is 24.7 Å². The number of nitrogens with zero attached hydrogens (tertiary/aromatic N) is 3. The third-order valence-corrected chi connectivity index (χ3v) is 3.85. The van der Waals surface area contributed by atoms with Gasteiger partial charge in [-0.25, -0.2) is 4.79 Å². The summed E-state index contributed by atoms with van der Waals surface area (Å²) in [7, 11) is 1.63. The fourth-order valence-electron chi connectivity index (χ4n) is 2.53. The maximum absolute atomic E-state index is 11.6. The van der Waals surface area contributed by atoms with Crippen LogP contribution in [-0.4, -0.2) is 22.2 Å². The Bertz CT molecular complexity index is 837. The molecule has 136 valence electrons. The predicted octanol–water partition coefficient (Wildman–Crippen LogP) is 4.28. The molecule has 0 saturated carbocycles. The third kappa shape index (κ3) is 4.43. The van der Waals surface area contributed by atoms with Gasteiger partial charge in [-0.3, -0.25) is 0 Å². The van der Waals surface area contributed by atoms with Gasteiger partial charge < -0.3 is 14.4 Å². The van der Waals surface area contributed by atoms with E-state index in [1.165, 1.54) is 4.57 Å². The molecule has 0 fully saturated rings. The Balaban J connectivity index is 0.00000163. The minimum atomic E-state index is -1.08. The number of rotatable bonds is 6. The van der Waals surface area contributed by atoms with Gasteiger partial charge in [0.15, 0.2) is 0 Å².